The number of carbonyl (C=O) groups is 1. The number of imidazole rings is 1. The third kappa shape index (κ3) is 4.62. The highest BCUT2D eigenvalue weighted by Gasteiger charge is 2.53. The van der Waals surface area contributed by atoms with E-state index in [1.54, 1.807) is 25.4 Å². The van der Waals surface area contributed by atoms with E-state index in [4.69, 9.17) is 9.72 Å². The topological polar surface area (TPSA) is 111 Å². The van der Waals surface area contributed by atoms with Crippen molar-refractivity contribution in [1.82, 2.24) is 29.5 Å². The van der Waals surface area contributed by atoms with Crippen LogP contribution in [0.3, 0.4) is 0 Å². The molecule has 4 heterocycles. The third-order valence-electron chi connectivity index (χ3n) is 8.12. The summed E-state index contributed by atoms with van der Waals surface area (Å²) in [5.74, 6) is 1.87. The maximum absolute atomic E-state index is 13.2. The molecule has 7 rings (SSSR count). The summed E-state index contributed by atoms with van der Waals surface area (Å²) in [7, 11) is 3.09. The second kappa shape index (κ2) is 9.50. The van der Waals surface area contributed by atoms with Gasteiger partial charge in [-0.15, -0.1) is 0 Å². The molecule has 1 N–H and O–H groups in total. The smallest absolute Gasteiger partial charge is 0.434 e. The van der Waals surface area contributed by atoms with Crippen LogP contribution in [0.4, 0.5) is 24.7 Å². The quantitative estimate of drug-likeness (QED) is 0.342. The Kier molecular flexibility index (Phi) is 5.96. The number of nitrogens with zero attached hydrogens (tertiary/aromatic N) is 7. The minimum Gasteiger partial charge on any atom is -0.480 e. The molecule has 1 aliphatic heterocycles. The first-order valence-electron chi connectivity index (χ1n) is 13.7. The van der Waals surface area contributed by atoms with Crippen LogP contribution >= 0.6 is 0 Å². The number of rotatable bonds is 6. The standard InChI is InChI=1S/C29H27F3N8O2/c1-39-13-20(29(30,31)32)37-24(39)18-5-3-16(4-6-18)12-40-14-28(9-10-28)27(41)36-19-11-33-23(38-25(19)40)21-22(17-7-8-17)34-15-35-26(21)42-2/h3-6,11,13,15,17H,7-10,12,14H2,1-2H3,(H,36,41). The van der Waals surface area contributed by atoms with Crippen molar-refractivity contribution in [2.24, 2.45) is 12.5 Å². The highest BCUT2D eigenvalue weighted by atomic mass is 19.4. The molecule has 3 aliphatic rings. The molecule has 0 atom stereocenters. The van der Waals surface area contributed by atoms with Gasteiger partial charge in [0.15, 0.2) is 17.3 Å². The number of methoxy groups -OCH3 is 1. The van der Waals surface area contributed by atoms with Crippen molar-refractivity contribution in [3.05, 3.63) is 59.9 Å². The van der Waals surface area contributed by atoms with E-state index in [0.717, 1.165) is 43.1 Å². The second-order valence-corrected chi connectivity index (χ2v) is 11.2. The number of aromatic nitrogens is 6. The van der Waals surface area contributed by atoms with Gasteiger partial charge >= 0.3 is 6.18 Å². The van der Waals surface area contributed by atoms with Gasteiger partial charge in [0.05, 0.1) is 24.4 Å². The first kappa shape index (κ1) is 26.4. The van der Waals surface area contributed by atoms with Crippen LogP contribution in [-0.2, 0) is 24.6 Å². The molecular formula is C29H27F3N8O2. The fraction of sp³-hybridized carbons (Fsp3) is 0.379. The van der Waals surface area contributed by atoms with Crippen LogP contribution in [0.5, 0.6) is 5.88 Å². The zero-order valence-corrected chi connectivity index (χ0v) is 22.9. The molecule has 0 unspecified atom stereocenters. The van der Waals surface area contributed by atoms with Gasteiger partial charge in [0.2, 0.25) is 11.8 Å². The van der Waals surface area contributed by atoms with Gasteiger partial charge in [-0.1, -0.05) is 24.3 Å². The molecule has 3 aromatic heterocycles. The molecule has 2 saturated carbocycles. The number of carbonyl (C=O) groups excluding carboxylic acids is 1. The first-order valence-corrected chi connectivity index (χ1v) is 13.7. The van der Waals surface area contributed by atoms with Gasteiger partial charge in [-0.25, -0.2) is 24.9 Å². The van der Waals surface area contributed by atoms with Crippen LogP contribution in [0.15, 0.2) is 43.0 Å². The lowest BCUT2D eigenvalue weighted by Gasteiger charge is -2.26. The Hall–Kier alpha value is -4.55. The summed E-state index contributed by atoms with van der Waals surface area (Å²) in [5.41, 5.74) is 2.05. The molecule has 10 nitrogen and oxygen atoms in total. The third-order valence-corrected chi connectivity index (χ3v) is 8.12. The maximum Gasteiger partial charge on any atom is 0.434 e. The molecule has 42 heavy (non-hydrogen) atoms. The second-order valence-electron chi connectivity index (χ2n) is 11.2. The Balaban J connectivity index is 1.24. The van der Waals surface area contributed by atoms with E-state index in [1.165, 1.54) is 17.9 Å². The highest BCUT2D eigenvalue weighted by Crippen LogP contribution is 2.51. The van der Waals surface area contributed by atoms with Crippen LogP contribution in [0, 0.1) is 5.41 Å². The first-order chi connectivity index (χ1) is 20.1. The number of anilines is 2. The lowest BCUT2D eigenvalue weighted by molar-refractivity contribution is -0.140. The van der Waals surface area contributed by atoms with Gasteiger partial charge in [-0.05, 0) is 31.2 Å². The van der Waals surface area contributed by atoms with Gasteiger partial charge in [0.1, 0.15) is 23.4 Å². The minimum atomic E-state index is -4.52. The van der Waals surface area contributed by atoms with Crippen LogP contribution in [0.1, 0.15) is 48.6 Å². The van der Waals surface area contributed by atoms with Gasteiger partial charge in [0.25, 0.3) is 0 Å². The number of hydrogen-bond acceptors (Lipinski definition) is 8. The van der Waals surface area contributed by atoms with Crippen LogP contribution in [0.2, 0.25) is 0 Å². The number of hydrogen-bond donors (Lipinski definition) is 1. The SMILES string of the molecule is COc1ncnc(C2CC2)c1-c1ncc2c(n1)N(Cc1ccc(-c3nc(C(F)(F)F)cn3C)cc1)CC1(CC1)C(=O)N2. The molecule has 2 fully saturated rings. The van der Waals surface area contributed by atoms with Crippen LogP contribution in [-0.4, -0.2) is 49.0 Å². The molecule has 13 heteroatoms. The Morgan fingerprint density at radius 3 is 2.50 bits per heavy atom. The molecule has 0 bridgehead atoms. The maximum atomic E-state index is 13.2. The van der Waals surface area contributed by atoms with Gasteiger partial charge in [0, 0.05) is 37.8 Å². The van der Waals surface area contributed by atoms with Crippen molar-refractivity contribution >= 4 is 17.4 Å². The molecule has 0 saturated heterocycles. The number of fused-ring (bicyclic) bond motifs is 1. The van der Waals surface area contributed by atoms with Gasteiger partial charge in [-0.3, -0.25) is 4.79 Å². The van der Waals surface area contributed by atoms with Crippen molar-refractivity contribution in [2.45, 2.75) is 44.3 Å². The zero-order chi connectivity index (χ0) is 29.2. The predicted molar refractivity (Wildman–Crippen MR) is 147 cm³/mol. The monoisotopic (exact) mass is 576 g/mol. The largest absolute Gasteiger partial charge is 0.480 e. The van der Waals surface area contributed by atoms with Crippen molar-refractivity contribution in [1.29, 1.82) is 0 Å². The summed E-state index contributed by atoms with van der Waals surface area (Å²) >= 11 is 0. The van der Waals surface area contributed by atoms with E-state index >= 15 is 0 Å². The van der Waals surface area contributed by atoms with Crippen molar-refractivity contribution in [3.8, 4) is 28.7 Å². The van der Waals surface area contributed by atoms with E-state index in [-0.39, 0.29) is 11.7 Å². The lowest BCUT2D eigenvalue weighted by atomic mass is 10.1. The summed E-state index contributed by atoms with van der Waals surface area (Å²) in [6.45, 7) is 0.892. The Morgan fingerprint density at radius 1 is 1.10 bits per heavy atom. The number of nitrogens with one attached hydrogen (secondary N) is 1. The summed E-state index contributed by atoms with van der Waals surface area (Å²) < 4.78 is 46.5. The molecule has 1 amide bonds. The normalized spacial score (nSPS) is 17.5. The van der Waals surface area contributed by atoms with E-state index in [9.17, 15) is 18.0 Å². The molecule has 4 aromatic rings. The molecule has 0 radical (unpaired) electrons. The van der Waals surface area contributed by atoms with E-state index < -0.39 is 17.3 Å². The summed E-state index contributed by atoms with van der Waals surface area (Å²) in [6.07, 6.45) is 3.16. The van der Waals surface area contributed by atoms with E-state index in [0.29, 0.717) is 53.3 Å². The average molecular weight is 577 g/mol. The number of halogens is 3. The van der Waals surface area contributed by atoms with Gasteiger partial charge < -0.3 is 19.5 Å². The molecule has 2 aliphatic carbocycles. The van der Waals surface area contributed by atoms with Gasteiger partial charge in [-0.2, -0.15) is 13.2 Å². The zero-order valence-electron chi connectivity index (χ0n) is 22.9. The molecule has 216 valence electrons. The lowest BCUT2D eigenvalue weighted by Crippen LogP contribution is -2.34. The minimum absolute atomic E-state index is 0.0486. The Bertz CT molecular complexity index is 1690. The summed E-state index contributed by atoms with van der Waals surface area (Å²) in [6, 6.07) is 7.23. The fourth-order valence-electron chi connectivity index (χ4n) is 5.52. The Morgan fingerprint density at radius 2 is 1.86 bits per heavy atom. The summed E-state index contributed by atoms with van der Waals surface area (Å²) in [4.78, 5) is 37.4. The predicted octanol–water partition coefficient (Wildman–Crippen LogP) is 4.98. The molecule has 1 aromatic carbocycles. The van der Waals surface area contributed by atoms with Crippen LogP contribution in [0.25, 0.3) is 22.8 Å². The fourth-order valence-corrected chi connectivity index (χ4v) is 5.52. The number of aryl methyl sites for hydroxylation is 1. The molecule has 1 spiro atoms. The van der Waals surface area contributed by atoms with Crippen LogP contribution < -0.4 is 15.0 Å². The number of ether oxygens (including phenoxy) is 1. The number of benzene rings is 1. The van der Waals surface area contributed by atoms with E-state index in [2.05, 4.69) is 30.2 Å². The highest BCUT2D eigenvalue weighted by molar-refractivity contribution is 6.01. The molecular weight excluding hydrogens is 549 g/mol. The number of alkyl halides is 3. The van der Waals surface area contributed by atoms with E-state index in [1.807, 2.05) is 12.1 Å². The van der Waals surface area contributed by atoms with Crippen molar-refractivity contribution in [2.75, 3.05) is 23.9 Å². The van der Waals surface area contributed by atoms with Crippen molar-refractivity contribution in [3.63, 3.8) is 0 Å². The Labute approximate surface area is 239 Å². The number of amides is 1. The average Bonchev–Trinajstić information content (AvgIpc) is 3.91. The van der Waals surface area contributed by atoms with Crippen molar-refractivity contribution < 1.29 is 22.7 Å². The summed E-state index contributed by atoms with van der Waals surface area (Å²) in [5, 5.41) is 3.03.